The monoisotopic (exact) mass is 378 g/mol. The standard InChI is InChI=1S/C25H22N4/c1-25(2)22-7-5-4-6-20(22)21-13-12-19(14-23(21)25)29(3)18-10-8-17(9-11-18)24-27-15-26-16-28-24/h4-16H,1-3H3. The fourth-order valence-corrected chi connectivity index (χ4v) is 4.27. The van der Waals surface area contributed by atoms with Crippen molar-refractivity contribution in [3.63, 3.8) is 0 Å². The SMILES string of the molecule is CN(c1ccc(-c2ncncn2)cc1)c1ccc2c(c1)C(C)(C)c1ccccc1-2. The van der Waals surface area contributed by atoms with Crippen LogP contribution in [0, 0.1) is 0 Å². The van der Waals surface area contributed by atoms with Crippen molar-refractivity contribution in [3.05, 3.63) is 90.5 Å². The van der Waals surface area contributed by atoms with E-state index in [1.807, 2.05) is 12.1 Å². The quantitative estimate of drug-likeness (QED) is 0.464. The summed E-state index contributed by atoms with van der Waals surface area (Å²) in [5.41, 5.74) is 8.76. The Kier molecular flexibility index (Phi) is 3.95. The summed E-state index contributed by atoms with van der Waals surface area (Å²) >= 11 is 0. The number of hydrogen-bond donors (Lipinski definition) is 0. The van der Waals surface area contributed by atoms with Gasteiger partial charge in [0.15, 0.2) is 5.82 Å². The number of benzene rings is 3. The van der Waals surface area contributed by atoms with Crippen LogP contribution in [-0.4, -0.2) is 22.0 Å². The van der Waals surface area contributed by atoms with Gasteiger partial charge in [-0.25, -0.2) is 15.0 Å². The van der Waals surface area contributed by atoms with E-state index in [0.717, 1.165) is 11.3 Å². The summed E-state index contributed by atoms with van der Waals surface area (Å²) in [6.07, 6.45) is 3.04. The molecule has 3 aromatic carbocycles. The molecule has 4 aromatic rings. The molecule has 0 radical (unpaired) electrons. The molecule has 0 N–H and O–H groups in total. The molecule has 1 aromatic heterocycles. The average Bonchev–Trinajstić information content (AvgIpc) is 3.01. The van der Waals surface area contributed by atoms with Crippen molar-refractivity contribution >= 4 is 11.4 Å². The Morgan fingerprint density at radius 3 is 2.14 bits per heavy atom. The van der Waals surface area contributed by atoms with Crippen LogP contribution in [-0.2, 0) is 5.41 Å². The molecule has 142 valence electrons. The van der Waals surface area contributed by atoms with Crippen molar-refractivity contribution in [2.45, 2.75) is 19.3 Å². The molecule has 4 nitrogen and oxygen atoms in total. The molecular formula is C25H22N4. The Balaban J connectivity index is 1.49. The molecule has 5 rings (SSSR count). The van der Waals surface area contributed by atoms with Crippen molar-refractivity contribution in [2.24, 2.45) is 0 Å². The van der Waals surface area contributed by atoms with E-state index in [1.54, 1.807) is 0 Å². The van der Waals surface area contributed by atoms with Gasteiger partial charge in [0.25, 0.3) is 0 Å². The largest absolute Gasteiger partial charge is 0.345 e. The summed E-state index contributed by atoms with van der Waals surface area (Å²) in [5.74, 6) is 0.686. The van der Waals surface area contributed by atoms with Gasteiger partial charge in [-0.05, 0) is 58.7 Å². The summed E-state index contributed by atoms with van der Waals surface area (Å²) in [6.45, 7) is 4.62. The first kappa shape index (κ1) is 17.6. The smallest absolute Gasteiger partial charge is 0.162 e. The van der Waals surface area contributed by atoms with Crippen molar-refractivity contribution in [2.75, 3.05) is 11.9 Å². The minimum absolute atomic E-state index is 0.00528. The third-order valence-electron chi connectivity index (χ3n) is 5.96. The van der Waals surface area contributed by atoms with Gasteiger partial charge < -0.3 is 4.90 Å². The van der Waals surface area contributed by atoms with Gasteiger partial charge in [0, 0.05) is 29.4 Å². The summed E-state index contributed by atoms with van der Waals surface area (Å²) in [5, 5.41) is 0. The van der Waals surface area contributed by atoms with E-state index in [1.165, 1.54) is 40.6 Å². The van der Waals surface area contributed by atoms with Crippen LogP contribution in [0.2, 0.25) is 0 Å². The van der Waals surface area contributed by atoms with Crippen molar-refractivity contribution in [1.29, 1.82) is 0 Å². The Morgan fingerprint density at radius 1 is 0.724 bits per heavy atom. The topological polar surface area (TPSA) is 41.9 Å². The molecule has 0 saturated carbocycles. The maximum Gasteiger partial charge on any atom is 0.162 e. The third kappa shape index (κ3) is 2.80. The summed E-state index contributed by atoms with van der Waals surface area (Å²) in [6, 6.07) is 23.8. The summed E-state index contributed by atoms with van der Waals surface area (Å²) in [4.78, 5) is 14.5. The van der Waals surface area contributed by atoms with Crippen LogP contribution in [0.5, 0.6) is 0 Å². The van der Waals surface area contributed by atoms with E-state index in [-0.39, 0.29) is 5.41 Å². The lowest BCUT2D eigenvalue weighted by Gasteiger charge is -2.25. The predicted molar refractivity (Wildman–Crippen MR) is 117 cm³/mol. The number of anilines is 2. The number of fused-ring (bicyclic) bond motifs is 3. The van der Waals surface area contributed by atoms with Crippen molar-refractivity contribution in [3.8, 4) is 22.5 Å². The number of nitrogens with zero attached hydrogens (tertiary/aromatic N) is 4. The molecule has 0 atom stereocenters. The van der Waals surface area contributed by atoms with Crippen LogP contribution in [0.4, 0.5) is 11.4 Å². The van der Waals surface area contributed by atoms with Crippen LogP contribution >= 0.6 is 0 Å². The lowest BCUT2D eigenvalue weighted by molar-refractivity contribution is 0.660. The van der Waals surface area contributed by atoms with Crippen LogP contribution < -0.4 is 4.90 Å². The molecule has 0 fully saturated rings. The average molecular weight is 378 g/mol. The van der Waals surface area contributed by atoms with Gasteiger partial charge in [-0.15, -0.1) is 0 Å². The highest BCUT2D eigenvalue weighted by Crippen LogP contribution is 2.49. The fourth-order valence-electron chi connectivity index (χ4n) is 4.27. The molecule has 1 aliphatic carbocycles. The number of hydrogen-bond acceptors (Lipinski definition) is 4. The van der Waals surface area contributed by atoms with Gasteiger partial charge in [0.05, 0.1) is 0 Å². The zero-order valence-electron chi connectivity index (χ0n) is 16.8. The Labute approximate surface area is 170 Å². The van der Waals surface area contributed by atoms with Crippen molar-refractivity contribution in [1.82, 2.24) is 15.0 Å². The molecule has 0 aliphatic heterocycles. The van der Waals surface area contributed by atoms with Gasteiger partial charge in [0.1, 0.15) is 12.7 Å². The Bertz CT molecular complexity index is 1180. The molecule has 0 bridgehead atoms. The molecule has 0 unspecified atom stereocenters. The van der Waals surface area contributed by atoms with Gasteiger partial charge in [-0.2, -0.15) is 0 Å². The molecule has 1 aliphatic rings. The molecular weight excluding hydrogens is 356 g/mol. The molecule has 0 amide bonds. The zero-order chi connectivity index (χ0) is 20.0. The fraction of sp³-hybridized carbons (Fsp3) is 0.160. The Hall–Kier alpha value is -3.53. The van der Waals surface area contributed by atoms with Gasteiger partial charge in [-0.1, -0.05) is 44.2 Å². The molecule has 1 heterocycles. The van der Waals surface area contributed by atoms with Gasteiger partial charge in [-0.3, -0.25) is 0 Å². The first-order valence-electron chi connectivity index (χ1n) is 9.76. The second kappa shape index (κ2) is 6.52. The third-order valence-corrected chi connectivity index (χ3v) is 5.96. The summed E-state index contributed by atoms with van der Waals surface area (Å²) < 4.78 is 0. The first-order valence-corrected chi connectivity index (χ1v) is 9.76. The van der Waals surface area contributed by atoms with Crippen molar-refractivity contribution < 1.29 is 0 Å². The van der Waals surface area contributed by atoms with Crippen LogP contribution in [0.3, 0.4) is 0 Å². The molecule has 0 spiro atoms. The molecule has 0 saturated heterocycles. The van der Waals surface area contributed by atoms with E-state index < -0.39 is 0 Å². The first-order chi connectivity index (χ1) is 14.1. The lowest BCUT2D eigenvalue weighted by atomic mass is 9.82. The van der Waals surface area contributed by atoms with E-state index in [0.29, 0.717) is 5.82 Å². The van der Waals surface area contributed by atoms with E-state index in [9.17, 15) is 0 Å². The predicted octanol–water partition coefficient (Wildman–Crippen LogP) is 5.61. The van der Waals surface area contributed by atoms with E-state index in [4.69, 9.17) is 0 Å². The maximum atomic E-state index is 4.22. The van der Waals surface area contributed by atoms with Crippen LogP contribution in [0.15, 0.2) is 79.4 Å². The normalized spacial score (nSPS) is 13.6. The Morgan fingerprint density at radius 2 is 1.38 bits per heavy atom. The number of rotatable bonds is 3. The van der Waals surface area contributed by atoms with E-state index in [2.05, 4.69) is 95.3 Å². The maximum absolute atomic E-state index is 4.22. The van der Waals surface area contributed by atoms with Gasteiger partial charge >= 0.3 is 0 Å². The minimum atomic E-state index is 0.00528. The molecule has 29 heavy (non-hydrogen) atoms. The van der Waals surface area contributed by atoms with Gasteiger partial charge in [0.2, 0.25) is 0 Å². The number of aromatic nitrogens is 3. The highest BCUT2D eigenvalue weighted by Gasteiger charge is 2.35. The minimum Gasteiger partial charge on any atom is -0.345 e. The van der Waals surface area contributed by atoms with Crippen LogP contribution in [0.25, 0.3) is 22.5 Å². The van der Waals surface area contributed by atoms with E-state index >= 15 is 0 Å². The summed E-state index contributed by atoms with van der Waals surface area (Å²) in [7, 11) is 2.11. The van der Waals surface area contributed by atoms with Crippen LogP contribution in [0.1, 0.15) is 25.0 Å². The lowest BCUT2D eigenvalue weighted by Crippen LogP contribution is -2.16. The highest BCUT2D eigenvalue weighted by molar-refractivity contribution is 5.83. The zero-order valence-corrected chi connectivity index (χ0v) is 16.8. The second-order valence-corrected chi connectivity index (χ2v) is 7.97. The second-order valence-electron chi connectivity index (χ2n) is 7.97. The molecule has 4 heteroatoms. The highest BCUT2D eigenvalue weighted by atomic mass is 15.1.